The lowest BCUT2D eigenvalue weighted by atomic mass is 9.93. The van der Waals surface area contributed by atoms with Crippen LogP contribution in [0.1, 0.15) is 63.2 Å². The zero-order valence-corrected chi connectivity index (χ0v) is 15.1. The number of hydrogen-bond acceptors (Lipinski definition) is 4. The predicted octanol–water partition coefficient (Wildman–Crippen LogP) is 2.41. The topological polar surface area (TPSA) is 77.4 Å². The molecule has 0 saturated heterocycles. The van der Waals surface area contributed by atoms with E-state index in [1.54, 1.807) is 27.0 Å². The average molecular weight is 336 g/mol. The smallest absolute Gasteiger partial charge is 0.331 e. The van der Waals surface area contributed by atoms with E-state index in [9.17, 15) is 14.4 Å². The van der Waals surface area contributed by atoms with Gasteiger partial charge in [-0.15, -0.1) is 0 Å². The molecule has 6 nitrogen and oxygen atoms in total. The minimum Gasteiger partial charge on any atom is -0.464 e. The SMILES string of the molecule is CCCCCC[C@](C)(NC(=O)c1ccn(C)c(=O)c1)C(=O)OCC. The van der Waals surface area contributed by atoms with Crippen molar-refractivity contribution in [2.75, 3.05) is 6.61 Å². The molecule has 1 rings (SSSR count). The van der Waals surface area contributed by atoms with E-state index in [0.717, 1.165) is 25.7 Å². The maximum Gasteiger partial charge on any atom is 0.331 e. The Morgan fingerprint density at radius 3 is 2.54 bits per heavy atom. The number of rotatable bonds is 9. The van der Waals surface area contributed by atoms with E-state index < -0.39 is 17.4 Å². The second-order valence-corrected chi connectivity index (χ2v) is 6.18. The van der Waals surface area contributed by atoms with Crippen molar-refractivity contribution < 1.29 is 14.3 Å². The Balaban J connectivity index is 2.89. The second kappa shape index (κ2) is 9.25. The van der Waals surface area contributed by atoms with E-state index in [4.69, 9.17) is 4.74 Å². The minimum atomic E-state index is -1.10. The molecule has 1 atom stereocenters. The van der Waals surface area contributed by atoms with Gasteiger partial charge in [0.1, 0.15) is 5.54 Å². The number of esters is 1. The van der Waals surface area contributed by atoms with Crippen LogP contribution < -0.4 is 10.9 Å². The summed E-state index contributed by atoms with van der Waals surface area (Å²) in [6.45, 7) is 5.78. The Bertz CT molecular complexity index is 624. The summed E-state index contributed by atoms with van der Waals surface area (Å²) in [5, 5.41) is 2.76. The lowest BCUT2D eigenvalue weighted by Gasteiger charge is -2.28. The molecule has 0 aliphatic rings. The highest BCUT2D eigenvalue weighted by molar-refractivity contribution is 5.97. The standard InChI is InChI=1S/C18H28N2O4/c1-5-7-8-9-11-18(3,17(23)24-6-2)19-16(22)14-10-12-20(4)15(21)13-14/h10,12-13H,5-9,11H2,1-4H3,(H,19,22)/t18-/m0/s1. The number of amides is 1. The maximum atomic E-state index is 12.5. The molecule has 1 heterocycles. The maximum absolute atomic E-state index is 12.5. The van der Waals surface area contributed by atoms with Crippen LogP contribution in [-0.4, -0.2) is 28.6 Å². The molecule has 0 fully saturated rings. The number of nitrogens with one attached hydrogen (secondary N) is 1. The number of hydrogen-bond donors (Lipinski definition) is 1. The molecule has 1 amide bonds. The van der Waals surface area contributed by atoms with Crippen LogP contribution in [0, 0.1) is 0 Å². The highest BCUT2D eigenvalue weighted by atomic mass is 16.5. The van der Waals surface area contributed by atoms with E-state index >= 15 is 0 Å². The third-order valence-corrected chi connectivity index (χ3v) is 4.01. The molecule has 0 bridgehead atoms. The summed E-state index contributed by atoms with van der Waals surface area (Å²) in [5.41, 5.74) is -1.13. The highest BCUT2D eigenvalue weighted by Gasteiger charge is 2.36. The van der Waals surface area contributed by atoms with E-state index in [1.165, 1.54) is 16.8 Å². The lowest BCUT2D eigenvalue weighted by molar-refractivity contribution is -0.150. The number of pyridine rings is 1. The number of nitrogens with zero attached hydrogens (tertiary/aromatic N) is 1. The monoisotopic (exact) mass is 336 g/mol. The Kier molecular flexibility index (Phi) is 7.68. The van der Waals surface area contributed by atoms with Crippen molar-refractivity contribution in [1.29, 1.82) is 0 Å². The van der Waals surface area contributed by atoms with Crippen LogP contribution in [0.25, 0.3) is 0 Å². The molecule has 24 heavy (non-hydrogen) atoms. The lowest BCUT2D eigenvalue weighted by Crippen LogP contribution is -2.53. The zero-order valence-electron chi connectivity index (χ0n) is 15.1. The van der Waals surface area contributed by atoms with Crippen LogP contribution in [0.15, 0.2) is 23.1 Å². The van der Waals surface area contributed by atoms with Gasteiger partial charge in [0.2, 0.25) is 0 Å². The first kappa shape index (κ1) is 19.9. The van der Waals surface area contributed by atoms with Gasteiger partial charge in [0.15, 0.2) is 0 Å². The normalized spacial score (nSPS) is 13.2. The second-order valence-electron chi connectivity index (χ2n) is 6.18. The molecule has 1 aromatic rings. The van der Waals surface area contributed by atoms with Gasteiger partial charge in [0.25, 0.3) is 11.5 Å². The van der Waals surface area contributed by atoms with Gasteiger partial charge < -0.3 is 14.6 Å². The van der Waals surface area contributed by atoms with E-state index in [0.29, 0.717) is 6.42 Å². The molecular formula is C18H28N2O4. The van der Waals surface area contributed by atoms with Crippen LogP contribution in [-0.2, 0) is 16.6 Å². The van der Waals surface area contributed by atoms with E-state index in [2.05, 4.69) is 12.2 Å². The summed E-state index contributed by atoms with van der Waals surface area (Å²) >= 11 is 0. The highest BCUT2D eigenvalue weighted by Crippen LogP contribution is 2.18. The van der Waals surface area contributed by atoms with Crippen molar-refractivity contribution in [3.63, 3.8) is 0 Å². The Morgan fingerprint density at radius 2 is 1.96 bits per heavy atom. The van der Waals surface area contributed by atoms with Gasteiger partial charge in [-0.3, -0.25) is 9.59 Å². The first-order valence-electron chi connectivity index (χ1n) is 8.50. The summed E-state index contributed by atoms with van der Waals surface area (Å²) in [7, 11) is 1.61. The molecule has 1 N–H and O–H groups in total. The summed E-state index contributed by atoms with van der Waals surface area (Å²) in [6.07, 6.45) is 6.02. The molecular weight excluding hydrogens is 308 g/mol. The summed E-state index contributed by atoms with van der Waals surface area (Å²) in [4.78, 5) is 36.4. The molecule has 0 aromatic carbocycles. The Hall–Kier alpha value is -2.11. The number of unbranched alkanes of at least 4 members (excludes halogenated alkanes) is 3. The molecule has 0 unspecified atom stereocenters. The average Bonchev–Trinajstić information content (AvgIpc) is 2.54. The quantitative estimate of drug-likeness (QED) is 0.555. The van der Waals surface area contributed by atoms with Gasteiger partial charge >= 0.3 is 5.97 Å². The van der Waals surface area contributed by atoms with Crippen molar-refractivity contribution >= 4 is 11.9 Å². The van der Waals surface area contributed by atoms with Crippen molar-refractivity contribution in [2.45, 2.75) is 58.4 Å². The van der Waals surface area contributed by atoms with Gasteiger partial charge in [0, 0.05) is 24.9 Å². The summed E-state index contributed by atoms with van der Waals surface area (Å²) in [5.74, 6) is -0.891. The van der Waals surface area contributed by atoms with Crippen LogP contribution in [0.4, 0.5) is 0 Å². The van der Waals surface area contributed by atoms with Crippen molar-refractivity contribution in [2.24, 2.45) is 7.05 Å². The predicted molar refractivity (Wildman–Crippen MR) is 92.9 cm³/mol. The first-order chi connectivity index (χ1) is 11.3. The van der Waals surface area contributed by atoms with Gasteiger partial charge in [-0.2, -0.15) is 0 Å². The molecule has 0 radical (unpaired) electrons. The van der Waals surface area contributed by atoms with Crippen LogP contribution >= 0.6 is 0 Å². The van der Waals surface area contributed by atoms with Gasteiger partial charge in [-0.05, 0) is 26.3 Å². The molecule has 6 heteroatoms. The number of carbonyl (C=O) groups excluding carboxylic acids is 2. The first-order valence-corrected chi connectivity index (χ1v) is 8.50. The van der Waals surface area contributed by atoms with Gasteiger partial charge in [-0.1, -0.05) is 32.6 Å². The molecule has 0 aliphatic carbocycles. The molecule has 1 aromatic heterocycles. The van der Waals surface area contributed by atoms with Crippen molar-refractivity contribution in [3.8, 4) is 0 Å². The minimum absolute atomic E-state index is 0.238. The van der Waals surface area contributed by atoms with Crippen molar-refractivity contribution in [3.05, 3.63) is 34.2 Å². The largest absolute Gasteiger partial charge is 0.464 e. The van der Waals surface area contributed by atoms with Crippen LogP contribution in [0.5, 0.6) is 0 Å². The van der Waals surface area contributed by atoms with E-state index in [1.807, 2.05) is 0 Å². The van der Waals surface area contributed by atoms with Crippen molar-refractivity contribution in [1.82, 2.24) is 9.88 Å². The third-order valence-electron chi connectivity index (χ3n) is 4.01. The number of aromatic nitrogens is 1. The number of ether oxygens (including phenoxy) is 1. The Labute approximate surface area is 143 Å². The fourth-order valence-electron chi connectivity index (χ4n) is 2.42. The number of carbonyl (C=O) groups is 2. The summed E-state index contributed by atoms with van der Waals surface area (Å²) in [6, 6.07) is 2.82. The fraction of sp³-hybridized carbons (Fsp3) is 0.611. The summed E-state index contributed by atoms with van der Waals surface area (Å²) < 4.78 is 6.51. The van der Waals surface area contributed by atoms with Gasteiger partial charge in [0.05, 0.1) is 6.61 Å². The molecule has 0 saturated carbocycles. The number of aryl methyl sites for hydroxylation is 1. The molecule has 134 valence electrons. The van der Waals surface area contributed by atoms with E-state index in [-0.39, 0.29) is 17.7 Å². The fourth-order valence-corrected chi connectivity index (χ4v) is 2.42. The van der Waals surface area contributed by atoms with Crippen LogP contribution in [0.2, 0.25) is 0 Å². The molecule has 0 spiro atoms. The van der Waals surface area contributed by atoms with Crippen LogP contribution in [0.3, 0.4) is 0 Å². The zero-order chi connectivity index (χ0) is 18.2. The Morgan fingerprint density at radius 1 is 1.25 bits per heavy atom. The van der Waals surface area contributed by atoms with Gasteiger partial charge in [-0.25, -0.2) is 4.79 Å². The third kappa shape index (κ3) is 5.51. The molecule has 0 aliphatic heterocycles.